The summed E-state index contributed by atoms with van der Waals surface area (Å²) in [6.45, 7) is 1.77. The minimum absolute atomic E-state index is 0.0608. The Balaban J connectivity index is 2.96. The van der Waals surface area contributed by atoms with Crippen LogP contribution in [0.1, 0.15) is 17.3 Å². The van der Waals surface area contributed by atoms with Crippen molar-refractivity contribution in [1.29, 1.82) is 0 Å². The van der Waals surface area contributed by atoms with E-state index in [-0.39, 0.29) is 11.6 Å². The first-order chi connectivity index (χ1) is 6.47. The second-order valence-corrected chi connectivity index (χ2v) is 5.48. The van der Waals surface area contributed by atoms with Gasteiger partial charge in [0.05, 0.1) is 4.32 Å². The second-order valence-electron chi connectivity index (χ2n) is 3.17. The van der Waals surface area contributed by atoms with Gasteiger partial charge in [0.15, 0.2) is 5.78 Å². The number of ketones is 1. The van der Waals surface area contributed by atoms with Crippen LogP contribution in [0, 0.1) is 5.82 Å². The van der Waals surface area contributed by atoms with E-state index in [1.54, 1.807) is 6.92 Å². The Kier molecular flexibility index (Phi) is 3.84. The van der Waals surface area contributed by atoms with Gasteiger partial charge in [-0.15, -0.1) is 0 Å². The van der Waals surface area contributed by atoms with Gasteiger partial charge in [0, 0.05) is 10.9 Å². The van der Waals surface area contributed by atoms with Crippen LogP contribution in [0.25, 0.3) is 0 Å². The Morgan fingerprint density at radius 3 is 2.36 bits per heavy atom. The number of Topliss-reactive ketones (excluding diaryl/α,β-unsaturated/α-hetero) is 1. The molecule has 0 N–H and O–H groups in total. The maximum atomic E-state index is 12.6. The molecule has 14 heavy (non-hydrogen) atoms. The van der Waals surface area contributed by atoms with Gasteiger partial charge in [-0.25, -0.2) is 4.39 Å². The maximum absolute atomic E-state index is 12.6. The lowest BCUT2D eigenvalue weighted by Gasteiger charge is -2.17. The fraction of sp³-hybridized carbons (Fsp3) is 0.300. The number of hydrogen-bond donors (Lipinski definition) is 0. The summed E-state index contributed by atoms with van der Waals surface area (Å²) in [5.74, 6) is -0.397. The van der Waals surface area contributed by atoms with E-state index in [1.165, 1.54) is 24.3 Å². The lowest BCUT2D eigenvalue weighted by atomic mass is 10.0. The van der Waals surface area contributed by atoms with Crippen LogP contribution >= 0.6 is 31.9 Å². The van der Waals surface area contributed by atoms with Crippen LogP contribution in [0.3, 0.4) is 0 Å². The minimum atomic E-state index is -0.634. The first kappa shape index (κ1) is 11.9. The summed E-state index contributed by atoms with van der Waals surface area (Å²) in [4.78, 5) is 11.8. The molecule has 1 unspecified atom stereocenters. The number of halogens is 3. The number of alkyl halides is 2. The molecular weight excluding hydrogens is 315 g/mol. The summed E-state index contributed by atoms with van der Waals surface area (Å²) in [5.41, 5.74) is 0.505. The van der Waals surface area contributed by atoms with Crippen molar-refractivity contribution < 1.29 is 9.18 Å². The normalized spacial score (nSPS) is 14.9. The Bertz CT molecular complexity index is 332. The molecule has 0 saturated carbocycles. The molecule has 0 amide bonds. The molecule has 0 spiro atoms. The SMILES string of the molecule is CC(Br)(CBr)C(=O)c1ccc(F)cc1. The minimum Gasteiger partial charge on any atom is -0.293 e. The Labute approximate surface area is 99.0 Å². The largest absolute Gasteiger partial charge is 0.293 e. The van der Waals surface area contributed by atoms with Crippen molar-refractivity contribution in [2.45, 2.75) is 11.2 Å². The highest BCUT2D eigenvalue weighted by Gasteiger charge is 2.29. The van der Waals surface area contributed by atoms with Crippen molar-refractivity contribution in [3.8, 4) is 0 Å². The van der Waals surface area contributed by atoms with Gasteiger partial charge in [-0.05, 0) is 31.2 Å². The fourth-order valence-corrected chi connectivity index (χ4v) is 1.45. The van der Waals surface area contributed by atoms with Gasteiger partial charge in [-0.2, -0.15) is 0 Å². The number of benzene rings is 1. The summed E-state index contributed by atoms with van der Waals surface area (Å²) >= 11 is 6.55. The third kappa shape index (κ3) is 2.64. The van der Waals surface area contributed by atoms with Crippen LogP contribution in [0.4, 0.5) is 4.39 Å². The fourth-order valence-electron chi connectivity index (χ4n) is 0.963. The van der Waals surface area contributed by atoms with Crippen LogP contribution in [0.2, 0.25) is 0 Å². The molecule has 1 atom stereocenters. The zero-order valence-corrected chi connectivity index (χ0v) is 10.7. The third-order valence-electron chi connectivity index (χ3n) is 1.83. The van der Waals surface area contributed by atoms with E-state index in [1.807, 2.05) is 0 Å². The molecule has 0 aliphatic rings. The third-order valence-corrected chi connectivity index (χ3v) is 4.35. The molecule has 1 rings (SSSR count). The van der Waals surface area contributed by atoms with Crippen molar-refractivity contribution >= 4 is 37.6 Å². The standard InChI is InChI=1S/C10H9Br2FO/c1-10(12,6-11)9(14)7-2-4-8(13)5-3-7/h2-5H,6H2,1H3. The topological polar surface area (TPSA) is 17.1 Å². The average Bonchev–Trinajstić information content (AvgIpc) is 2.18. The summed E-state index contributed by atoms with van der Waals surface area (Å²) < 4.78 is 12.0. The molecule has 0 bridgehead atoms. The van der Waals surface area contributed by atoms with E-state index in [0.717, 1.165) is 0 Å². The summed E-state index contributed by atoms with van der Waals surface area (Å²) in [6, 6.07) is 5.54. The van der Waals surface area contributed by atoms with Crippen LogP contribution in [-0.2, 0) is 0 Å². The van der Waals surface area contributed by atoms with Crippen molar-refractivity contribution in [1.82, 2.24) is 0 Å². The second kappa shape index (κ2) is 4.53. The number of carbonyl (C=O) groups excluding carboxylic acids is 1. The lowest BCUT2D eigenvalue weighted by Crippen LogP contribution is -2.29. The lowest BCUT2D eigenvalue weighted by molar-refractivity contribution is 0.0963. The van der Waals surface area contributed by atoms with E-state index in [0.29, 0.717) is 10.9 Å². The van der Waals surface area contributed by atoms with E-state index in [2.05, 4.69) is 31.9 Å². The summed E-state index contributed by atoms with van der Waals surface area (Å²) in [7, 11) is 0. The molecule has 0 radical (unpaired) electrons. The van der Waals surface area contributed by atoms with Gasteiger partial charge in [0.25, 0.3) is 0 Å². The predicted molar refractivity (Wildman–Crippen MR) is 61.9 cm³/mol. The van der Waals surface area contributed by atoms with E-state index in [4.69, 9.17) is 0 Å². The predicted octanol–water partition coefficient (Wildman–Crippen LogP) is 3.56. The van der Waals surface area contributed by atoms with Gasteiger partial charge < -0.3 is 0 Å². The quantitative estimate of drug-likeness (QED) is 0.614. The van der Waals surface area contributed by atoms with E-state index < -0.39 is 4.32 Å². The highest BCUT2D eigenvalue weighted by molar-refractivity contribution is 9.12. The smallest absolute Gasteiger partial charge is 0.180 e. The van der Waals surface area contributed by atoms with Crippen molar-refractivity contribution in [3.63, 3.8) is 0 Å². The highest BCUT2D eigenvalue weighted by Crippen LogP contribution is 2.25. The molecule has 0 aromatic heterocycles. The monoisotopic (exact) mass is 322 g/mol. The van der Waals surface area contributed by atoms with Gasteiger partial charge in [-0.1, -0.05) is 31.9 Å². The van der Waals surface area contributed by atoms with Crippen LogP contribution < -0.4 is 0 Å². The molecular formula is C10H9Br2FO. The molecule has 0 fully saturated rings. The van der Waals surface area contributed by atoms with Crippen molar-refractivity contribution in [2.24, 2.45) is 0 Å². The molecule has 0 saturated heterocycles. The van der Waals surface area contributed by atoms with Crippen molar-refractivity contribution in [2.75, 3.05) is 5.33 Å². The number of rotatable bonds is 3. The first-order valence-electron chi connectivity index (χ1n) is 4.02. The molecule has 1 nitrogen and oxygen atoms in total. The zero-order chi connectivity index (χ0) is 10.8. The highest BCUT2D eigenvalue weighted by atomic mass is 79.9. The molecule has 1 aromatic rings. The Morgan fingerprint density at radius 1 is 1.43 bits per heavy atom. The molecule has 1 aromatic carbocycles. The van der Waals surface area contributed by atoms with Gasteiger partial charge >= 0.3 is 0 Å². The molecule has 4 heteroatoms. The van der Waals surface area contributed by atoms with Gasteiger partial charge in [0.2, 0.25) is 0 Å². The van der Waals surface area contributed by atoms with E-state index >= 15 is 0 Å². The molecule has 0 aliphatic heterocycles. The molecule has 0 heterocycles. The van der Waals surface area contributed by atoms with Crippen LogP contribution in [-0.4, -0.2) is 15.4 Å². The van der Waals surface area contributed by atoms with Gasteiger partial charge in [-0.3, -0.25) is 4.79 Å². The zero-order valence-electron chi connectivity index (χ0n) is 7.56. The Hall–Kier alpha value is -0.220. The van der Waals surface area contributed by atoms with Crippen LogP contribution in [0.5, 0.6) is 0 Å². The summed E-state index contributed by atoms with van der Waals surface area (Å²) in [6.07, 6.45) is 0. The molecule has 76 valence electrons. The Morgan fingerprint density at radius 2 is 1.93 bits per heavy atom. The maximum Gasteiger partial charge on any atom is 0.180 e. The van der Waals surface area contributed by atoms with Crippen LogP contribution in [0.15, 0.2) is 24.3 Å². The molecule has 0 aliphatic carbocycles. The van der Waals surface area contributed by atoms with E-state index in [9.17, 15) is 9.18 Å². The summed E-state index contributed by atoms with van der Waals surface area (Å²) in [5, 5.41) is 0.510. The number of carbonyl (C=O) groups is 1. The average molecular weight is 324 g/mol. The van der Waals surface area contributed by atoms with Crippen molar-refractivity contribution in [3.05, 3.63) is 35.6 Å². The van der Waals surface area contributed by atoms with Gasteiger partial charge in [0.1, 0.15) is 5.82 Å². The number of hydrogen-bond acceptors (Lipinski definition) is 1. The first-order valence-corrected chi connectivity index (χ1v) is 5.94.